The second-order valence-corrected chi connectivity index (χ2v) is 3.74. The molecule has 17 heavy (non-hydrogen) atoms. The fraction of sp³-hybridized carbons (Fsp3) is 0.583. The molecule has 1 aromatic rings. The van der Waals surface area contributed by atoms with Gasteiger partial charge in [-0.1, -0.05) is 13.8 Å². The van der Waals surface area contributed by atoms with Gasteiger partial charge in [0.05, 0.1) is 0 Å². The minimum atomic E-state index is 0.392. The maximum absolute atomic E-state index is 8.71. The van der Waals surface area contributed by atoms with Gasteiger partial charge in [0.1, 0.15) is 11.8 Å². The predicted molar refractivity (Wildman–Crippen MR) is 67.6 cm³/mol. The van der Waals surface area contributed by atoms with Crippen LogP contribution in [-0.2, 0) is 0 Å². The lowest BCUT2D eigenvalue weighted by Crippen LogP contribution is -2.29. The summed E-state index contributed by atoms with van der Waals surface area (Å²) in [5.41, 5.74) is 0.392. The molecule has 1 rings (SSSR count). The number of hydrogen-bond donors (Lipinski definition) is 1. The SMILES string of the molecule is CCCN(CC)CCNc1nccc(C#N)n1. The average Bonchev–Trinajstić information content (AvgIpc) is 2.38. The summed E-state index contributed by atoms with van der Waals surface area (Å²) >= 11 is 0. The summed E-state index contributed by atoms with van der Waals surface area (Å²) in [4.78, 5) is 10.5. The van der Waals surface area contributed by atoms with Crippen molar-refractivity contribution in [2.75, 3.05) is 31.5 Å². The van der Waals surface area contributed by atoms with E-state index in [2.05, 4.69) is 34.0 Å². The first kappa shape index (κ1) is 13.4. The van der Waals surface area contributed by atoms with E-state index in [0.29, 0.717) is 11.6 Å². The number of likely N-dealkylation sites (N-methyl/N-ethyl adjacent to an activating group) is 1. The van der Waals surface area contributed by atoms with E-state index in [1.165, 1.54) is 0 Å². The van der Waals surface area contributed by atoms with E-state index in [-0.39, 0.29) is 0 Å². The highest BCUT2D eigenvalue weighted by Gasteiger charge is 2.01. The van der Waals surface area contributed by atoms with Crippen LogP contribution in [0.25, 0.3) is 0 Å². The van der Waals surface area contributed by atoms with E-state index in [1.807, 2.05) is 6.07 Å². The van der Waals surface area contributed by atoms with E-state index in [9.17, 15) is 0 Å². The molecule has 0 saturated carbocycles. The summed E-state index contributed by atoms with van der Waals surface area (Å²) < 4.78 is 0. The van der Waals surface area contributed by atoms with Crippen LogP contribution in [0.2, 0.25) is 0 Å². The molecular weight excluding hydrogens is 214 g/mol. The van der Waals surface area contributed by atoms with Crippen LogP contribution in [0.15, 0.2) is 12.3 Å². The molecule has 0 saturated heterocycles. The first-order valence-electron chi connectivity index (χ1n) is 5.99. The monoisotopic (exact) mass is 233 g/mol. The van der Waals surface area contributed by atoms with Gasteiger partial charge in [0.2, 0.25) is 5.95 Å². The number of nitriles is 1. The third kappa shape index (κ3) is 4.79. The third-order valence-electron chi connectivity index (χ3n) is 2.47. The average molecular weight is 233 g/mol. The van der Waals surface area contributed by atoms with Crippen molar-refractivity contribution in [1.82, 2.24) is 14.9 Å². The van der Waals surface area contributed by atoms with Gasteiger partial charge in [-0.05, 0) is 25.6 Å². The van der Waals surface area contributed by atoms with Crippen LogP contribution in [0.4, 0.5) is 5.95 Å². The van der Waals surface area contributed by atoms with Crippen molar-refractivity contribution in [2.45, 2.75) is 20.3 Å². The fourth-order valence-corrected chi connectivity index (χ4v) is 1.58. The minimum Gasteiger partial charge on any atom is -0.353 e. The number of aromatic nitrogens is 2. The van der Waals surface area contributed by atoms with Gasteiger partial charge in [-0.15, -0.1) is 0 Å². The predicted octanol–water partition coefficient (Wildman–Crippen LogP) is 1.49. The molecule has 0 atom stereocenters. The molecule has 0 fully saturated rings. The zero-order valence-electron chi connectivity index (χ0n) is 10.5. The molecule has 0 aromatic carbocycles. The molecule has 0 bridgehead atoms. The molecule has 0 aliphatic heterocycles. The summed E-state index contributed by atoms with van der Waals surface area (Å²) in [5.74, 6) is 0.525. The molecule has 92 valence electrons. The topological polar surface area (TPSA) is 64.8 Å². The molecule has 1 aromatic heterocycles. The highest BCUT2D eigenvalue weighted by Crippen LogP contribution is 1.99. The minimum absolute atomic E-state index is 0.392. The smallest absolute Gasteiger partial charge is 0.223 e. The molecule has 0 unspecified atom stereocenters. The van der Waals surface area contributed by atoms with Gasteiger partial charge in [0.15, 0.2) is 0 Å². The van der Waals surface area contributed by atoms with E-state index in [4.69, 9.17) is 5.26 Å². The van der Waals surface area contributed by atoms with Gasteiger partial charge in [-0.25, -0.2) is 9.97 Å². The van der Waals surface area contributed by atoms with Crippen molar-refractivity contribution in [1.29, 1.82) is 5.26 Å². The lowest BCUT2D eigenvalue weighted by Gasteiger charge is -2.19. The van der Waals surface area contributed by atoms with Crippen LogP contribution in [0.1, 0.15) is 26.0 Å². The number of nitrogens with one attached hydrogen (secondary N) is 1. The Morgan fingerprint density at radius 3 is 2.88 bits per heavy atom. The van der Waals surface area contributed by atoms with Crippen LogP contribution in [-0.4, -0.2) is 41.0 Å². The molecule has 1 heterocycles. The Balaban J connectivity index is 2.37. The molecule has 0 aliphatic rings. The highest BCUT2D eigenvalue weighted by molar-refractivity contribution is 5.29. The molecule has 5 nitrogen and oxygen atoms in total. The Bertz CT molecular complexity index is 371. The van der Waals surface area contributed by atoms with Crippen molar-refractivity contribution >= 4 is 5.95 Å². The lowest BCUT2D eigenvalue weighted by molar-refractivity contribution is 0.300. The Labute approximate surface area is 102 Å². The number of nitrogens with zero attached hydrogens (tertiary/aromatic N) is 4. The van der Waals surface area contributed by atoms with Gasteiger partial charge in [0, 0.05) is 19.3 Å². The van der Waals surface area contributed by atoms with Crippen molar-refractivity contribution in [3.05, 3.63) is 18.0 Å². The lowest BCUT2D eigenvalue weighted by atomic mass is 10.4. The van der Waals surface area contributed by atoms with Crippen molar-refractivity contribution in [3.8, 4) is 6.07 Å². The number of rotatable bonds is 7. The van der Waals surface area contributed by atoms with Crippen molar-refractivity contribution < 1.29 is 0 Å². The molecule has 0 radical (unpaired) electrons. The Hall–Kier alpha value is -1.67. The fourth-order valence-electron chi connectivity index (χ4n) is 1.58. The van der Waals surface area contributed by atoms with Crippen molar-refractivity contribution in [2.24, 2.45) is 0 Å². The zero-order valence-corrected chi connectivity index (χ0v) is 10.5. The number of anilines is 1. The normalized spacial score (nSPS) is 10.2. The largest absolute Gasteiger partial charge is 0.353 e. The van der Waals surface area contributed by atoms with Gasteiger partial charge in [-0.2, -0.15) is 5.26 Å². The van der Waals surface area contributed by atoms with Gasteiger partial charge >= 0.3 is 0 Å². The van der Waals surface area contributed by atoms with Crippen LogP contribution >= 0.6 is 0 Å². The van der Waals surface area contributed by atoms with E-state index in [1.54, 1.807) is 12.3 Å². The van der Waals surface area contributed by atoms with Crippen molar-refractivity contribution in [3.63, 3.8) is 0 Å². The van der Waals surface area contributed by atoms with Gasteiger partial charge < -0.3 is 10.2 Å². The second-order valence-electron chi connectivity index (χ2n) is 3.74. The highest BCUT2D eigenvalue weighted by atomic mass is 15.2. The Morgan fingerprint density at radius 2 is 2.24 bits per heavy atom. The molecular formula is C12H19N5. The molecule has 5 heteroatoms. The van der Waals surface area contributed by atoms with Crippen LogP contribution in [0.3, 0.4) is 0 Å². The summed E-state index contributed by atoms with van der Waals surface area (Å²) in [6, 6.07) is 3.59. The van der Waals surface area contributed by atoms with Gasteiger partial charge in [0.25, 0.3) is 0 Å². The van der Waals surface area contributed by atoms with Gasteiger partial charge in [-0.3, -0.25) is 0 Å². The zero-order chi connectivity index (χ0) is 12.5. The number of hydrogen-bond acceptors (Lipinski definition) is 5. The second kappa shape index (κ2) is 7.58. The van der Waals surface area contributed by atoms with Crippen LogP contribution in [0.5, 0.6) is 0 Å². The molecule has 0 spiro atoms. The Morgan fingerprint density at radius 1 is 1.41 bits per heavy atom. The van der Waals surface area contributed by atoms with E-state index in [0.717, 1.165) is 32.6 Å². The molecule has 0 aliphatic carbocycles. The maximum atomic E-state index is 8.71. The summed E-state index contributed by atoms with van der Waals surface area (Å²) in [5, 5.41) is 11.8. The summed E-state index contributed by atoms with van der Waals surface area (Å²) in [7, 11) is 0. The molecule has 1 N–H and O–H groups in total. The summed E-state index contributed by atoms with van der Waals surface area (Å²) in [6.07, 6.45) is 2.76. The van der Waals surface area contributed by atoms with E-state index >= 15 is 0 Å². The van der Waals surface area contributed by atoms with Crippen LogP contribution in [0, 0.1) is 11.3 Å². The first-order valence-corrected chi connectivity index (χ1v) is 5.99. The van der Waals surface area contributed by atoms with Crippen LogP contribution < -0.4 is 5.32 Å². The summed E-state index contributed by atoms with van der Waals surface area (Å²) in [6.45, 7) is 8.25. The Kier molecular flexibility index (Phi) is 5.97. The first-order chi connectivity index (χ1) is 8.30. The standard InChI is InChI=1S/C12H19N5/c1-3-8-17(4-2)9-7-15-12-14-6-5-11(10-13)16-12/h5-6H,3-4,7-9H2,1-2H3,(H,14,15,16). The maximum Gasteiger partial charge on any atom is 0.223 e. The quantitative estimate of drug-likeness (QED) is 0.773. The van der Waals surface area contributed by atoms with E-state index < -0.39 is 0 Å². The molecule has 0 amide bonds. The third-order valence-corrected chi connectivity index (χ3v) is 2.47.